The highest BCUT2D eigenvalue weighted by atomic mass is 35.5. The lowest BCUT2D eigenvalue weighted by Gasteiger charge is -2.29. The Morgan fingerprint density at radius 3 is 2.96 bits per heavy atom. The summed E-state index contributed by atoms with van der Waals surface area (Å²) >= 11 is 6.07. The van der Waals surface area contributed by atoms with E-state index in [0.29, 0.717) is 13.1 Å². The molecule has 1 saturated heterocycles. The first-order valence-electron chi connectivity index (χ1n) is 7.86. The predicted octanol–water partition coefficient (Wildman–Crippen LogP) is 3.36. The van der Waals surface area contributed by atoms with Gasteiger partial charge in [0.2, 0.25) is 5.91 Å². The van der Waals surface area contributed by atoms with Crippen LogP contribution in [-0.4, -0.2) is 43.3 Å². The molecule has 0 saturated carbocycles. The van der Waals surface area contributed by atoms with Crippen molar-refractivity contribution < 1.29 is 14.3 Å². The summed E-state index contributed by atoms with van der Waals surface area (Å²) < 4.78 is 11.3. The van der Waals surface area contributed by atoms with Crippen molar-refractivity contribution >= 4 is 17.5 Å². The van der Waals surface area contributed by atoms with Gasteiger partial charge in [0.15, 0.2) is 0 Å². The number of methoxy groups -OCH3 is 1. The Balaban J connectivity index is 2.10. The average molecular weight is 338 g/mol. The van der Waals surface area contributed by atoms with Gasteiger partial charge in [-0.25, -0.2) is 0 Å². The maximum atomic E-state index is 12.2. The van der Waals surface area contributed by atoms with Gasteiger partial charge in [-0.05, 0) is 43.0 Å². The number of carbonyl (C=O) groups is 1. The van der Waals surface area contributed by atoms with E-state index in [0.717, 1.165) is 35.6 Å². The van der Waals surface area contributed by atoms with E-state index in [2.05, 4.69) is 6.58 Å². The third-order valence-corrected chi connectivity index (χ3v) is 4.59. The molecule has 5 heteroatoms. The molecule has 126 valence electrons. The molecule has 0 aromatic heterocycles. The minimum Gasteiger partial charge on any atom is -0.377 e. The van der Waals surface area contributed by atoms with Gasteiger partial charge < -0.3 is 14.4 Å². The molecule has 1 aliphatic rings. The molecular weight excluding hydrogens is 314 g/mol. The van der Waals surface area contributed by atoms with Crippen molar-refractivity contribution in [2.24, 2.45) is 0 Å². The van der Waals surface area contributed by atoms with E-state index in [9.17, 15) is 4.79 Å². The smallest absolute Gasteiger partial charge is 0.246 e. The summed E-state index contributed by atoms with van der Waals surface area (Å²) in [6.07, 6.45) is 3.26. The van der Waals surface area contributed by atoms with Crippen molar-refractivity contribution in [3.63, 3.8) is 0 Å². The number of ether oxygens (including phenoxy) is 2. The van der Waals surface area contributed by atoms with Gasteiger partial charge >= 0.3 is 0 Å². The molecule has 23 heavy (non-hydrogen) atoms. The second kappa shape index (κ2) is 8.48. The Labute approximate surface area is 143 Å². The number of hydrogen-bond donors (Lipinski definition) is 0. The minimum atomic E-state index is -0.130. The molecule has 0 aliphatic carbocycles. The van der Waals surface area contributed by atoms with E-state index in [1.165, 1.54) is 6.08 Å². The second-order valence-corrected chi connectivity index (χ2v) is 6.24. The number of halogens is 1. The van der Waals surface area contributed by atoms with E-state index in [-0.39, 0.29) is 18.1 Å². The lowest BCUT2D eigenvalue weighted by Crippen LogP contribution is -2.42. The Morgan fingerprint density at radius 2 is 2.39 bits per heavy atom. The monoisotopic (exact) mass is 337 g/mol. The molecular formula is C18H24ClNO3. The number of rotatable bonds is 7. The number of amides is 1. The highest BCUT2D eigenvalue weighted by Gasteiger charge is 2.28. The molecule has 4 nitrogen and oxygen atoms in total. The number of nitrogens with zero attached hydrogens (tertiary/aromatic N) is 1. The van der Waals surface area contributed by atoms with Crippen LogP contribution in [0.2, 0.25) is 5.02 Å². The molecule has 0 bridgehead atoms. The first kappa shape index (κ1) is 18.0. The van der Waals surface area contributed by atoms with Crippen molar-refractivity contribution in [1.82, 2.24) is 4.90 Å². The van der Waals surface area contributed by atoms with Gasteiger partial charge in [0.25, 0.3) is 0 Å². The normalized spacial score (nSPS) is 18.7. The van der Waals surface area contributed by atoms with E-state index in [1.807, 2.05) is 25.1 Å². The highest BCUT2D eigenvalue weighted by molar-refractivity contribution is 6.31. The molecule has 0 spiro atoms. The first-order valence-corrected chi connectivity index (χ1v) is 8.23. The zero-order chi connectivity index (χ0) is 16.8. The van der Waals surface area contributed by atoms with Gasteiger partial charge in [-0.1, -0.05) is 30.3 Å². The maximum Gasteiger partial charge on any atom is 0.246 e. The van der Waals surface area contributed by atoms with Crippen LogP contribution < -0.4 is 0 Å². The quantitative estimate of drug-likeness (QED) is 0.716. The summed E-state index contributed by atoms with van der Waals surface area (Å²) in [5, 5.41) is 0.726. The van der Waals surface area contributed by atoms with Crippen LogP contribution in [0, 0.1) is 6.92 Å². The topological polar surface area (TPSA) is 38.8 Å². The summed E-state index contributed by atoms with van der Waals surface area (Å²) in [6.45, 7) is 7.29. The number of carbonyl (C=O) groups excluding carboxylic acids is 1. The van der Waals surface area contributed by atoms with Gasteiger partial charge in [0, 0.05) is 25.3 Å². The van der Waals surface area contributed by atoms with Crippen LogP contribution in [0.25, 0.3) is 0 Å². The number of aryl methyl sites for hydroxylation is 1. The third-order valence-electron chi connectivity index (χ3n) is 4.16. The Bertz CT molecular complexity index is 555. The van der Waals surface area contributed by atoms with Crippen molar-refractivity contribution in [2.45, 2.75) is 38.5 Å². The zero-order valence-electron chi connectivity index (χ0n) is 13.8. The fraction of sp³-hybridized carbons (Fsp3) is 0.500. The Hall–Kier alpha value is -1.36. The van der Waals surface area contributed by atoms with Crippen LogP contribution in [0.15, 0.2) is 30.9 Å². The standard InChI is InChI=1S/C18H24ClNO3/c1-4-18(21)20(11-14-7-8-15(19)13(2)10-14)12-17(22-3)16-6-5-9-23-16/h4,7-8,10,16-17H,1,5-6,9,11-12H2,2-3H3. The summed E-state index contributed by atoms with van der Waals surface area (Å²) in [5.74, 6) is -0.113. The van der Waals surface area contributed by atoms with Crippen LogP contribution in [-0.2, 0) is 20.8 Å². The first-order chi connectivity index (χ1) is 11.0. The summed E-state index contributed by atoms with van der Waals surface area (Å²) in [7, 11) is 1.66. The predicted molar refractivity (Wildman–Crippen MR) is 91.6 cm³/mol. The fourth-order valence-corrected chi connectivity index (χ4v) is 2.96. The number of hydrogen-bond acceptors (Lipinski definition) is 3. The van der Waals surface area contributed by atoms with Crippen LogP contribution in [0.3, 0.4) is 0 Å². The minimum absolute atomic E-state index is 0.0482. The molecule has 1 aliphatic heterocycles. The van der Waals surface area contributed by atoms with Gasteiger partial charge in [0.05, 0.1) is 12.6 Å². The van der Waals surface area contributed by atoms with Crippen LogP contribution in [0.4, 0.5) is 0 Å². The van der Waals surface area contributed by atoms with Gasteiger partial charge in [-0.15, -0.1) is 0 Å². The van der Waals surface area contributed by atoms with Crippen LogP contribution in [0.1, 0.15) is 24.0 Å². The summed E-state index contributed by atoms with van der Waals surface area (Å²) in [4.78, 5) is 14.0. The molecule has 2 rings (SSSR count). The highest BCUT2D eigenvalue weighted by Crippen LogP contribution is 2.21. The molecule has 1 aromatic carbocycles. The maximum absolute atomic E-state index is 12.2. The largest absolute Gasteiger partial charge is 0.377 e. The van der Waals surface area contributed by atoms with Gasteiger partial charge in [0.1, 0.15) is 6.10 Å². The van der Waals surface area contributed by atoms with Crippen LogP contribution >= 0.6 is 11.6 Å². The lowest BCUT2D eigenvalue weighted by molar-refractivity contribution is -0.130. The molecule has 1 heterocycles. The third kappa shape index (κ3) is 4.80. The van der Waals surface area contributed by atoms with E-state index in [1.54, 1.807) is 12.0 Å². The van der Waals surface area contributed by atoms with Crippen molar-refractivity contribution in [3.8, 4) is 0 Å². The molecule has 0 radical (unpaired) electrons. The molecule has 2 atom stereocenters. The molecule has 0 N–H and O–H groups in total. The van der Waals surface area contributed by atoms with Crippen molar-refractivity contribution in [1.29, 1.82) is 0 Å². The lowest BCUT2D eigenvalue weighted by atomic mass is 10.1. The van der Waals surface area contributed by atoms with Gasteiger partial charge in [-0.2, -0.15) is 0 Å². The van der Waals surface area contributed by atoms with Crippen molar-refractivity contribution in [3.05, 3.63) is 47.0 Å². The molecule has 2 unspecified atom stereocenters. The average Bonchev–Trinajstić information content (AvgIpc) is 3.08. The van der Waals surface area contributed by atoms with E-state index < -0.39 is 0 Å². The SMILES string of the molecule is C=CC(=O)N(Cc1ccc(Cl)c(C)c1)CC(OC)C1CCCO1. The second-order valence-electron chi connectivity index (χ2n) is 5.83. The van der Waals surface area contributed by atoms with Gasteiger partial charge in [-0.3, -0.25) is 4.79 Å². The number of benzene rings is 1. The zero-order valence-corrected chi connectivity index (χ0v) is 14.5. The van der Waals surface area contributed by atoms with Crippen molar-refractivity contribution in [2.75, 3.05) is 20.3 Å². The molecule has 1 amide bonds. The Kier molecular flexibility index (Phi) is 6.63. The summed E-state index contributed by atoms with van der Waals surface area (Å²) in [6, 6.07) is 5.79. The Morgan fingerprint density at radius 1 is 1.61 bits per heavy atom. The van der Waals surface area contributed by atoms with E-state index in [4.69, 9.17) is 21.1 Å². The molecule has 1 fully saturated rings. The summed E-state index contributed by atoms with van der Waals surface area (Å²) in [5.41, 5.74) is 2.03. The fourth-order valence-electron chi connectivity index (χ4n) is 2.84. The molecule has 1 aromatic rings. The van der Waals surface area contributed by atoms with E-state index >= 15 is 0 Å². The van der Waals surface area contributed by atoms with Crippen LogP contribution in [0.5, 0.6) is 0 Å².